The molecule has 20 heavy (non-hydrogen) atoms. The van der Waals surface area contributed by atoms with Gasteiger partial charge < -0.3 is 20.6 Å². The Morgan fingerprint density at radius 3 is 3.25 bits per heavy atom. The molecule has 0 saturated carbocycles. The van der Waals surface area contributed by atoms with E-state index in [2.05, 4.69) is 32.6 Å². The van der Waals surface area contributed by atoms with E-state index in [-0.39, 0.29) is 0 Å². The van der Waals surface area contributed by atoms with Crippen molar-refractivity contribution in [2.75, 3.05) is 32.0 Å². The summed E-state index contributed by atoms with van der Waals surface area (Å²) in [4.78, 5) is 10.7. The number of hydrogen-bond acceptors (Lipinski definition) is 6. The van der Waals surface area contributed by atoms with Gasteiger partial charge in [0.15, 0.2) is 6.23 Å². The van der Waals surface area contributed by atoms with Gasteiger partial charge in [0, 0.05) is 24.8 Å². The second-order valence-corrected chi connectivity index (χ2v) is 5.57. The summed E-state index contributed by atoms with van der Waals surface area (Å²) >= 11 is 0. The maximum Gasteiger partial charge on any atom is 0.175 e. The fraction of sp³-hybridized carbons (Fsp3) is 0.571. The van der Waals surface area contributed by atoms with Gasteiger partial charge >= 0.3 is 0 Å². The lowest BCUT2D eigenvalue weighted by atomic mass is 10.1. The molecule has 6 heteroatoms. The molecule has 2 atom stereocenters. The largest absolute Gasteiger partial charge is 0.368 e. The van der Waals surface area contributed by atoms with Crippen LogP contribution in [0.1, 0.15) is 23.9 Å². The minimum absolute atomic E-state index is 0.705. The normalized spacial score (nSPS) is 25.5. The summed E-state index contributed by atoms with van der Waals surface area (Å²) < 4.78 is 0. The molecule has 0 bridgehead atoms. The molecule has 6 nitrogen and oxygen atoms in total. The van der Waals surface area contributed by atoms with Crippen molar-refractivity contribution in [3.05, 3.63) is 23.5 Å². The van der Waals surface area contributed by atoms with Crippen LogP contribution in [-0.2, 0) is 6.54 Å². The van der Waals surface area contributed by atoms with Gasteiger partial charge in [-0.05, 0) is 38.5 Å². The lowest BCUT2D eigenvalue weighted by Gasteiger charge is -2.20. The average molecular weight is 275 g/mol. The van der Waals surface area contributed by atoms with E-state index in [0.29, 0.717) is 6.54 Å². The Hall–Kier alpha value is -1.50. The van der Waals surface area contributed by atoms with Crippen LogP contribution in [0, 0.1) is 5.92 Å². The Labute approximate surface area is 118 Å². The van der Waals surface area contributed by atoms with Gasteiger partial charge in [0.25, 0.3) is 0 Å². The van der Waals surface area contributed by atoms with Crippen LogP contribution in [0.3, 0.4) is 0 Å². The van der Waals surface area contributed by atoms with Crippen molar-refractivity contribution in [3.63, 3.8) is 0 Å². The van der Waals surface area contributed by atoms with Crippen LogP contribution >= 0.6 is 0 Å². The molecule has 1 fully saturated rings. The minimum atomic E-state index is -0.781. The van der Waals surface area contributed by atoms with Gasteiger partial charge in [-0.15, -0.1) is 0 Å². The number of aliphatic hydroxyl groups is 1. The molecule has 1 aromatic rings. The number of anilines is 1. The second kappa shape index (κ2) is 5.87. The highest BCUT2D eigenvalue weighted by Crippen LogP contribution is 2.28. The van der Waals surface area contributed by atoms with E-state index in [9.17, 15) is 5.11 Å². The fourth-order valence-corrected chi connectivity index (χ4v) is 2.88. The molecule has 2 unspecified atom stereocenters. The Kier molecular flexibility index (Phi) is 3.95. The average Bonchev–Trinajstić information content (AvgIpc) is 2.86. The first kappa shape index (κ1) is 13.5. The van der Waals surface area contributed by atoms with E-state index in [1.165, 1.54) is 19.3 Å². The summed E-state index contributed by atoms with van der Waals surface area (Å²) in [5, 5.41) is 16.4. The molecule has 0 spiro atoms. The minimum Gasteiger partial charge on any atom is -0.368 e. The third kappa shape index (κ3) is 2.82. The monoisotopic (exact) mass is 275 g/mol. The first-order valence-electron chi connectivity index (χ1n) is 7.07. The Balaban J connectivity index is 1.60. The quantitative estimate of drug-likeness (QED) is 0.749. The third-order valence-corrected chi connectivity index (χ3v) is 3.98. The molecular weight excluding hydrogens is 254 g/mol. The number of fused-ring (bicyclic) bond motifs is 1. The van der Waals surface area contributed by atoms with Gasteiger partial charge in [-0.2, -0.15) is 0 Å². The molecule has 0 radical (unpaired) electrons. The van der Waals surface area contributed by atoms with Gasteiger partial charge in [-0.25, -0.2) is 4.99 Å². The van der Waals surface area contributed by atoms with E-state index < -0.39 is 6.23 Å². The summed E-state index contributed by atoms with van der Waals surface area (Å²) in [5.74, 6) is 0.722. The number of nitrogens with one attached hydrogen (secondary N) is 2. The fourth-order valence-electron chi connectivity index (χ4n) is 2.88. The number of pyridine rings is 1. The van der Waals surface area contributed by atoms with Gasteiger partial charge in [-0.3, -0.25) is 4.98 Å². The Morgan fingerprint density at radius 2 is 2.45 bits per heavy atom. The van der Waals surface area contributed by atoms with E-state index >= 15 is 0 Å². The maximum absolute atomic E-state index is 9.82. The molecular formula is C14H21N5O. The summed E-state index contributed by atoms with van der Waals surface area (Å²) in [6, 6.07) is 1.80. The highest BCUT2D eigenvalue weighted by molar-refractivity contribution is 5.81. The van der Waals surface area contributed by atoms with Crippen LogP contribution in [0.5, 0.6) is 0 Å². The smallest absolute Gasteiger partial charge is 0.175 e. The molecule has 1 saturated heterocycles. The second-order valence-electron chi connectivity index (χ2n) is 5.57. The van der Waals surface area contributed by atoms with E-state index in [1.54, 1.807) is 12.3 Å². The van der Waals surface area contributed by atoms with Gasteiger partial charge in [0.2, 0.25) is 0 Å². The molecule has 0 aliphatic carbocycles. The molecule has 3 heterocycles. The van der Waals surface area contributed by atoms with Gasteiger partial charge in [-0.1, -0.05) is 0 Å². The summed E-state index contributed by atoms with van der Waals surface area (Å²) in [5.41, 5.74) is 2.60. The standard InChI is InChI=1S/C14H21N5O/c1-19-5-3-10(8-19)6-15-7-12-13-11(2-4-16-12)14(20)18-9-17-13/h2,4,9-10,14-15,20H,3,5-8H2,1H3,(H,17,18). The number of aliphatic hydroxyl groups excluding tert-OH is 1. The molecule has 3 rings (SSSR count). The van der Waals surface area contributed by atoms with Crippen LogP contribution in [0.2, 0.25) is 0 Å². The highest BCUT2D eigenvalue weighted by atomic mass is 16.3. The third-order valence-electron chi connectivity index (χ3n) is 3.98. The first-order chi connectivity index (χ1) is 9.74. The lowest BCUT2D eigenvalue weighted by Crippen LogP contribution is -2.26. The highest BCUT2D eigenvalue weighted by Gasteiger charge is 2.20. The van der Waals surface area contributed by atoms with E-state index in [1.807, 2.05) is 0 Å². The van der Waals surface area contributed by atoms with Crippen molar-refractivity contribution < 1.29 is 5.11 Å². The van der Waals surface area contributed by atoms with Crippen LogP contribution in [-0.4, -0.2) is 48.0 Å². The van der Waals surface area contributed by atoms with Crippen LogP contribution in [0.4, 0.5) is 5.69 Å². The number of likely N-dealkylation sites (tertiary alicyclic amines) is 1. The topological polar surface area (TPSA) is 72.8 Å². The van der Waals surface area contributed by atoms with Crippen LogP contribution in [0.15, 0.2) is 17.3 Å². The zero-order valence-electron chi connectivity index (χ0n) is 11.7. The predicted molar refractivity (Wildman–Crippen MR) is 78.6 cm³/mol. The summed E-state index contributed by atoms with van der Waals surface area (Å²) in [6.45, 7) is 4.07. The van der Waals surface area contributed by atoms with Crippen molar-refractivity contribution in [1.82, 2.24) is 15.2 Å². The number of hydrogen-bond donors (Lipinski definition) is 3. The molecule has 1 aromatic heterocycles. The maximum atomic E-state index is 9.82. The number of aromatic nitrogens is 1. The zero-order chi connectivity index (χ0) is 13.9. The number of rotatable bonds is 4. The van der Waals surface area contributed by atoms with Crippen LogP contribution < -0.4 is 10.6 Å². The van der Waals surface area contributed by atoms with E-state index in [4.69, 9.17) is 0 Å². The molecule has 0 amide bonds. The molecule has 3 N–H and O–H groups in total. The lowest BCUT2D eigenvalue weighted by molar-refractivity contribution is 0.188. The number of aliphatic imine (C=N–C) groups is 1. The molecule has 0 aromatic carbocycles. The van der Waals surface area contributed by atoms with Gasteiger partial charge in [0.1, 0.15) is 0 Å². The SMILES string of the molecule is CN1CCC(CNCc2nccc3c2NC=NC3O)C1. The van der Waals surface area contributed by atoms with Crippen molar-refractivity contribution >= 4 is 12.0 Å². The molecule has 2 aliphatic heterocycles. The molecule has 108 valence electrons. The Bertz CT molecular complexity index is 504. The van der Waals surface area contributed by atoms with E-state index in [0.717, 1.165) is 36.0 Å². The Morgan fingerprint density at radius 1 is 1.55 bits per heavy atom. The van der Waals surface area contributed by atoms with Crippen molar-refractivity contribution in [2.45, 2.75) is 19.2 Å². The molecule has 2 aliphatic rings. The van der Waals surface area contributed by atoms with Gasteiger partial charge in [0.05, 0.1) is 17.7 Å². The van der Waals surface area contributed by atoms with Crippen molar-refractivity contribution in [3.8, 4) is 0 Å². The van der Waals surface area contributed by atoms with Crippen molar-refractivity contribution in [2.24, 2.45) is 10.9 Å². The first-order valence-corrected chi connectivity index (χ1v) is 7.07. The predicted octanol–water partition coefficient (Wildman–Crippen LogP) is 0.568. The summed E-state index contributed by atoms with van der Waals surface area (Å²) in [7, 11) is 2.17. The number of nitrogens with zero attached hydrogens (tertiary/aromatic N) is 3. The van der Waals surface area contributed by atoms with Crippen LogP contribution in [0.25, 0.3) is 0 Å². The zero-order valence-corrected chi connectivity index (χ0v) is 11.7. The summed E-state index contributed by atoms with van der Waals surface area (Å²) in [6.07, 6.45) is 3.74. The van der Waals surface area contributed by atoms with Crippen molar-refractivity contribution in [1.29, 1.82) is 0 Å².